The Labute approximate surface area is 110 Å². The van der Waals surface area contributed by atoms with E-state index in [4.69, 9.17) is 0 Å². The van der Waals surface area contributed by atoms with Gasteiger partial charge in [0.05, 0.1) is 0 Å². The van der Waals surface area contributed by atoms with Crippen molar-refractivity contribution in [2.24, 2.45) is 0 Å². The molecule has 0 aromatic carbocycles. The molecule has 1 aromatic rings. The molecular weight excluding hydrogens is 281 g/mol. The van der Waals surface area contributed by atoms with E-state index in [0.29, 0.717) is 24.6 Å². The largest absolute Gasteiger partial charge is 0.433 e. The zero-order valence-corrected chi connectivity index (χ0v) is 11.0. The van der Waals surface area contributed by atoms with Crippen molar-refractivity contribution in [3.05, 3.63) is 11.8 Å². The summed E-state index contributed by atoms with van der Waals surface area (Å²) in [6, 6.07) is 0.926. The van der Waals surface area contributed by atoms with Crippen LogP contribution in [0.4, 0.5) is 24.9 Å². The highest BCUT2D eigenvalue weighted by Gasteiger charge is 2.34. The third-order valence-corrected chi connectivity index (χ3v) is 4.00. The summed E-state index contributed by atoms with van der Waals surface area (Å²) in [5.74, 6) is 1.03. The van der Waals surface area contributed by atoms with Crippen LogP contribution >= 0.6 is 0 Å². The van der Waals surface area contributed by atoms with Gasteiger partial charge >= 0.3 is 6.18 Å². The number of rotatable bonds is 2. The predicted octanol–water partition coefficient (Wildman–Crippen LogP) is 1.11. The lowest BCUT2D eigenvalue weighted by Gasteiger charge is -2.27. The number of nitrogens with one attached hydrogen (secondary N) is 1. The normalized spacial score (nSPS) is 17.6. The molecule has 9 heteroatoms. The van der Waals surface area contributed by atoms with Gasteiger partial charge in [-0.1, -0.05) is 0 Å². The first-order valence-corrected chi connectivity index (χ1v) is 7.13. The molecule has 2 rings (SSSR count). The number of alkyl halides is 3. The average Bonchev–Trinajstić information content (AvgIpc) is 2.38. The van der Waals surface area contributed by atoms with Crippen LogP contribution in [0.2, 0.25) is 0 Å². The number of hydrogen-bond acceptors (Lipinski definition) is 5. The molecule has 0 radical (unpaired) electrons. The first-order valence-electron chi connectivity index (χ1n) is 5.64. The molecular formula is C10H13F3N4OS. The molecule has 0 bridgehead atoms. The van der Waals surface area contributed by atoms with E-state index in [-0.39, 0.29) is 11.8 Å². The van der Waals surface area contributed by atoms with E-state index in [1.165, 1.54) is 7.05 Å². The highest BCUT2D eigenvalue weighted by Crippen LogP contribution is 2.30. The van der Waals surface area contributed by atoms with Gasteiger partial charge in [-0.2, -0.15) is 18.2 Å². The number of nitrogens with zero attached hydrogens (tertiary/aromatic N) is 3. The third kappa shape index (κ3) is 3.34. The average molecular weight is 294 g/mol. The summed E-state index contributed by atoms with van der Waals surface area (Å²) in [6.45, 7) is 0.869. The molecule has 1 saturated heterocycles. The predicted molar refractivity (Wildman–Crippen MR) is 66.7 cm³/mol. The number of anilines is 2. The summed E-state index contributed by atoms with van der Waals surface area (Å²) in [6.07, 6.45) is -4.51. The summed E-state index contributed by atoms with van der Waals surface area (Å²) in [7, 11) is 0.576. The molecule has 106 valence electrons. The lowest BCUT2D eigenvalue weighted by Crippen LogP contribution is -2.38. The van der Waals surface area contributed by atoms with Gasteiger partial charge in [0.15, 0.2) is 5.69 Å². The van der Waals surface area contributed by atoms with Crippen LogP contribution in [-0.4, -0.2) is 45.8 Å². The molecule has 1 N–H and O–H groups in total. The Kier molecular flexibility index (Phi) is 3.93. The SMILES string of the molecule is CNc1nc(N2CCS(=O)CC2)cc(C(F)(F)F)n1. The van der Waals surface area contributed by atoms with Crippen molar-refractivity contribution in [1.29, 1.82) is 0 Å². The molecule has 0 unspecified atom stereocenters. The van der Waals surface area contributed by atoms with Crippen LogP contribution in [0.25, 0.3) is 0 Å². The number of aromatic nitrogens is 2. The quantitative estimate of drug-likeness (QED) is 0.885. The van der Waals surface area contributed by atoms with Crippen LogP contribution in [0.5, 0.6) is 0 Å². The van der Waals surface area contributed by atoms with Gasteiger partial charge in [0.2, 0.25) is 5.95 Å². The van der Waals surface area contributed by atoms with Gasteiger partial charge in [-0.15, -0.1) is 0 Å². The first-order chi connectivity index (χ1) is 8.90. The minimum Gasteiger partial charge on any atom is -0.357 e. The summed E-state index contributed by atoms with van der Waals surface area (Å²) in [5.41, 5.74) is -0.978. The highest BCUT2D eigenvalue weighted by atomic mass is 32.2. The number of hydrogen-bond donors (Lipinski definition) is 1. The smallest absolute Gasteiger partial charge is 0.357 e. The Morgan fingerprint density at radius 3 is 2.47 bits per heavy atom. The van der Waals surface area contributed by atoms with E-state index in [1.807, 2.05) is 0 Å². The molecule has 0 amide bonds. The van der Waals surface area contributed by atoms with Crippen molar-refractivity contribution in [2.45, 2.75) is 6.18 Å². The molecule has 2 heterocycles. The second-order valence-corrected chi connectivity index (χ2v) is 5.71. The van der Waals surface area contributed by atoms with E-state index in [1.54, 1.807) is 4.90 Å². The van der Waals surface area contributed by atoms with Crippen molar-refractivity contribution in [1.82, 2.24) is 9.97 Å². The lowest BCUT2D eigenvalue weighted by atomic mass is 10.3. The molecule has 19 heavy (non-hydrogen) atoms. The van der Waals surface area contributed by atoms with Crippen molar-refractivity contribution >= 4 is 22.6 Å². The van der Waals surface area contributed by atoms with Crippen LogP contribution in [0.15, 0.2) is 6.07 Å². The molecule has 0 saturated carbocycles. The molecule has 5 nitrogen and oxygen atoms in total. The fourth-order valence-electron chi connectivity index (χ4n) is 1.72. The van der Waals surface area contributed by atoms with Gasteiger partial charge in [-0.05, 0) is 0 Å². The minimum absolute atomic E-state index is 0.0727. The topological polar surface area (TPSA) is 58.1 Å². The zero-order chi connectivity index (χ0) is 14.0. The van der Waals surface area contributed by atoms with Crippen LogP contribution < -0.4 is 10.2 Å². The third-order valence-electron chi connectivity index (χ3n) is 2.73. The maximum Gasteiger partial charge on any atom is 0.433 e. The van der Waals surface area contributed by atoms with Crippen LogP contribution in [-0.2, 0) is 17.0 Å². The summed E-state index contributed by atoms with van der Waals surface area (Å²) in [5, 5.41) is 2.52. The maximum absolute atomic E-state index is 12.7. The molecule has 1 aliphatic heterocycles. The molecule has 0 aliphatic carbocycles. The van der Waals surface area contributed by atoms with E-state index >= 15 is 0 Å². The zero-order valence-electron chi connectivity index (χ0n) is 10.2. The molecule has 1 aliphatic rings. The second kappa shape index (κ2) is 5.32. The monoisotopic (exact) mass is 294 g/mol. The van der Waals surface area contributed by atoms with E-state index in [2.05, 4.69) is 15.3 Å². The molecule has 0 atom stereocenters. The van der Waals surface area contributed by atoms with E-state index < -0.39 is 22.7 Å². The van der Waals surface area contributed by atoms with Gasteiger partial charge < -0.3 is 10.2 Å². The molecule has 1 aromatic heterocycles. The number of halogens is 3. The van der Waals surface area contributed by atoms with Gasteiger partial charge in [0.1, 0.15) is 5.82 Å². The van der Waals surface area contributed by atoms with E-state index in [0.717, 1.165) is 6.07 Å². The van der Waals surface area contributed by atoms with Crippen molar-refractivity contribution in [3.8, 4) is 0 Å². The van der Waals surface area contributed by atoms with E-state index in [9.17, 15) is 17.4 Å². The summed E-state index contributed by atoms with van der Waals surface area (Å²) < 4.78 is 49.4. The summed E-state index contributed by atoms with van der Waals surface area (Å²) in [4.78, 5) is 9.11. The van der Waals surface area contributed by atoms with Crippen molar-refractivity contribution in [3.63, 3.8) is 0 Å². The minimum atomic E-state index is -4.51. The second-order valence-electron chi connectivity index (χ2n) is 4.02. The molecule has 0 spiro atoms. The van der Waals surface area contributed by atoms with Crippen LogP contribution in [0.1, 0.15) is 5.69 Å². The Morgan fingerprint density at radius 2 is 1.95 bits per heavy atom. The lowest BCUT2D eigenvalue weighted by molar-refractivity contribution is -0.141. The van der Waals surface area contributed by atoms with Gasteiger partial charge in [-0.3, -0.25) is 4.21 Å². The van der Waals surface area contributed by atoms with Crippen molar-refractivity contribution < 1.29 is 17.4 Å². The van der Waals surface area contributed by atoms with Crippen LogP contribution in [0, 0.1) is 0 Å². The first kappa shape index (κ1) is 14.0. The van der Waals surface area contributed by atoms with Gasteiger partial charge in [-0.25, -0.2) is 4.98 Å². The molecule has 1 fully saturated rings. The van der Waals surface area contributed by atoms with Crippen LogP contribution in [0.3, 0.4) is 0 Å². The fourth-order valence-corrected chi connectivity index (χ4v) is 2.77. The highest BCUT2D eigenvalue weighted by molar-refractivity contribution is 7.85. The Morgan fingerprint density at radius 1 is 1.32 bits per heavy atom. The maximum atomic E-state index is 12.7. The Balaban J connectivity index is 2.32. The van der Waals surface area contributed by atoms with Crippen molar-refractivity contribution in [2.75, 3.05) is 41.9 Å². The standard InChI is InChI=1S/C10H13F3N4OS/c1-14-9-15-7(10(11,12)13)6-8(16-9)17-2-4-19(18)5-3-17/h6H,2-5H2,1H3,(H,14,15,16). The Bertz CT molecular complexity index is 484. The Hall–Kier alpha value is -1.38. The van der Waals surface area contributed by atoms with Gasteiger partial charge in [0, 0.05) is 48.5 Å². The van der Waals surface area contributed by atoms with Gasteiger partial charge in [0.25, 0.3) is 0 Å². The summed E-state index contributed by atoms with van der Waals surface area (Å²) >= 11 is 0. The fraction of sp³-hybridized carbons (Fsp3) is 0.600.